The van der Waals surface area contributed by atoms with Gasteiger partial charge in [-0.2, -0.15) is 0 Å². The molecule has 0 aromatic rings. The van der Waals surface area contributed by atoms with E-state index in [1.165, 1.54) is 6.42 Å². The van der Waals surface area contributed by atoms with Crippen molar-refractivity contribution < 1.29 is 9.59 Å². The van der Waals surface area contributed by atoms with E-state index in [2.05, 4.69) is 10.6 Å². The summed E-state index contributed by atoms with van der Waals surface area (Å²) in [6, 6.07) is 0.240. The molecule has 5 nitrogen and oxygen atoms in total. The number of nitrogens with one attached hydrogen (secondary N) is 2. The van der Waals surface area contributed by atoms with Crippen LogP contribution in [-0.4, -0.2) is 48.4 Å². The third-order valence-corrected chi connectivity index (χ3v) is 4.71. The number of rotatable bonds is 3. The van der Waals surface area contributed by atoms with Crippen LogP contribution in [0.15, 0.2) is 0 Å². The summed E-state index contributed by atoms with van der Waals surface area (Å²) in [7, 11) is 0. The minimum absolute atomic E-state index is 0. The average Bonchev–Trinajstić information content (AvgIpc) is 3.33. The van der Waals surface area contributed by atoms with E-state index in [0.29, 0.717) is 11.8 Å². The number of carbonyl (C=O) groups is 2. The molecule has 0 spiro atoms. The first-order chi connectivity index (χ1) is 9.74. The maximum atomic E-state index is 12.1. The molecule has 0 aromatic carbocycles. The lowest BCUT2D eigenvalue weighted by molar-refractivity contribution is -0.133. The van der Waals surface area contributed by atoms with Crippen LogP contribution < -0.4 is 10.6 Å². The van der Waals surface area contributed by atoms with Gasteiger partial charge in [-0.15, -0.1) is 12.4 Å². The molecule has 2 aliphatic heterocycles. The number of halogens is 1. The summed E-state index contributed by atoms with van der Waals surface area (Å²) in [5.41, 5.74) is 0. The van der Waals surface area contributed by atoms with Gasteiger partial charge in [-0.1, -0.05) is 6.42 Å². The normalized spacial score (nSPS) is 26.9. The Labute approximate surface area is 132 Å². The summed E-state index contributed by atoms with van der Waals surface area (Å²) < 4.78 is 0. The number of amides is 2. The van der Waals surface area contributed by atoms with Crippen molar-refractivity contribution in [1.82, 2.24) is 15.5 Å². The van der Waals surface area contributed by atoms with Crippen LogP contribution in [0.5, 0.6) is 0 Å². The lowest BCUT2D eigenvalue weighted by atomic mass is 10.0. The molecule has 21 heavy (non-hydrogen) atoms. The van der Waals surface area contributed by atoms with Crippen LogP contribution in [0.2, 0.25) is 0 Å². The quantitative estimate of drug-likeness (QED) is 0.819. The lowest BCUT2D eigenvalue weighted by Gasteiger charge is -2.33. The fourth-order valence-corrected chi connectivity index (χ4v) is 3.21. The Hall–Kier alpha value is -0.810. The van der Waals surface area contributed by atoms with Crippen LogP contribution in [-0.2, 0) is 9.59 Å². The van der Waals surface area contributed by atoms with Gasteiger partial charge in [-0.3, -0.25) is 9.59 Å². The Morgan fingerprint density at radius 3 is 2.29 bits per heavy atom. The molecule has 3 rings (SSSR count). The summed E-state index contributed by atoms with van der Waals surface area (Å²) >= 11 is 0. The van der Waals surface area contributed by atoms with Crippen LogP contribution in [0.4, 0.5) is 0 Å². The minimum Gasteiger partial charge on any atom is -0.352 e. The van der Waals surface area contributed by atoms with Gasteiger partial charge in [0, 0.05) is 25.0 Å². The van der Waals surface area contributed by atoms with Crippen molar-refractivity contribution in [2.24, 2.45) is 5.92 Å². The summed E-state index contributed by atoms with van der Waals surface area (Å²) in [5, 5.41) is 6.44. The second-order valence-electron chi connectivity index (χ2n) is 6.38. The van der Waals surface area contributed by atoms with E-state index in [4.69, 9.17) is 0 Å². The topological polar surface area (TPSA) is 61.4 Å². The summed E-state index contributed by atoms with van der Waals surface area (Å²) in [5.74, 6) is 0.799. The molecule has 0 unspecified atom stereocenters. The maximum absolute atomic E-state index is 12.1. The van der Waals surface area contributed by atoms with Crippen LogP contribution in [0.1, 0.15) is 44.9 Å². The van der Waals surface area contributed by atoms with Gasteiger partial charge in [0.1, 0.15) is 0 Å². The van der Waals surface area contributed by atoms with E-state index in [1.807, 2.05) is 4.90 Å². The van der Waals surface area contributed by atoms with E-state index in [0.717, 1.165) is 58.2 Å². The zero-order valence-corrected chi connectivity index (χ0v) is 13.3. The second kappa shape index (κ2) is 7.45. The maximum Gasteiger partial charge on any atom is 0.237 e. The fourth-order valence-electron chi connectivity index (χ4n) is 3.21. The number of carbonyl (C=O) groups excluding carboxylic acids is 2. The van der Waals surface area contributed by atoms with Crippen molar-refractivity contribution in [2.75, 3.05) is 19.6 Å². The van der Waals surface area contributed by atoms with Crippen LogP contribution in [0, 0.1) is 5.92 Å². The van der Waals surface area contributed by atoms with Crippen molar-refractivity contribution >= 4 is 24.2 Å². The van der Waals surface area contributed by atoms with Gasteiger partial charge < -0.3 is 15.5 Å². The Morgan fingerprint density at radius 2 is 1.71 bits per heavy atom. The standard InChI is InChI=1S/C15H25N3O2.ClH/c19-14(13-3-1-2-8-16-13)17-12-6-9-18(10-7-12)15(20)11-4-5-11;/h11-13,16H,1-10H2,(H,17,19);1H/t13-;/m0./s1. The van der Waals surface area contributed by atoms with Gasteiger partial charge in [0.25, 0.3) is 0 Å². The molecule has 120 valence electrons. The average molecular weight is 316 g/mol. The number of likely N-dealkylation sites (tertiary alicyclic amines) is 1. The monoisotopic (exact) mass is 315 g/mol. The Kier molecular flexibility index (Phi) is 5.88. The number of hydrogen-bond acceptors (Lipinski definition) is 3. The number of piperidine rings is 2. The lowest BCUT2D eigenvalue weighted by Crippen LogP contribution is -2.52. The molecule has 3 aliphatic rings. The smallest absolute Gasteiger partial charge is 0.237 e. The number of nitrogens with zero attached hydrogens (tertiary/aromatic N) is 1. The van der Waals surface area contributed by atoms with E-state index in [9.17, 15) is 9.59 Å². The molecule has 2 amide bonds. The third kappa shape index (κ3) is 4.33. The Balaban J connectivity index is 0.00000161. The van der Waals surface area contributed by atoms with E-state index in [1.54, 1.807) is 0 Å². The first-order valence-electron chi connectivity index (χ1n) is 8.06. The highest BCUT2D eigenvalue weighted by molar-refractivity contribution is 5.85. The highest BCUT2D eigenvalue weighted by Gasteiger charge is 2.35. The summed E-state index contributed by atoms with van der Waals surface area (Å²) in [6.45, 7) is 2.56. The van der Waals surface area contributed by atoms with Gasteiger partial charge in [-0.25, -0.2) is 0 Å². The molecule has 6 heteroatoms. The first-order valence-corrected chi connectivity index (χ1v) is 8.06. The van der Waals surface area contributed by atoms with Crippen LogP contribution >= 0.6 is 12.4 Å². The third-order valence-electron chi connectivity index (χ3n) is 4.71. The fraction of sp³-hybridized carbons (Fsp3) is 0.867. The molecular weight excluding hydrogens is 290 g/mol. The predicted octanol–water partition coefficient (Wildman–Crippen LogP) is 1.07. The highest BCUT2D eigenvalue weighted by atomic mass is 35.5. The van der Waals surface area contributed by atoms with Gasteiger partial charge in [0.05, 0.1) is 6.04 Å². The van der Waals surface area contributed by atoms with Gasteiger partial charge in [0.15, 0.2) is 0 Å². The van der Waals surface area contributed by atoms with E-state index >= 15 is 0 Å². The van der Waals surface area contributed by atoms with Gasteiger partial charge >= 0.3 is 0 Å². The SMILES string of the molecule is Cl.O=C(NC1CCN(C(=O)C2CC2)CC1)[C@@H]1CCCCN1. The van der Waals surface area contributed by atoms with Crippen molar-refractivity contribution in [2.45, 2.75) is 57.0 Å². The van der Waals surface area contributed by atoms with Gasteiger partial charge in [0.2, 0.25) is 11.8 Å². The molecular formula is C15H26ClN3O2. The molecule has 2 N–H and O–H groups in total. The van der Waals surface area contributed by atoms with Gasteiger partial charge in [-0.05, 0) is 45.1 Å². The Morgan fingerprint density at radius 1 is 1.00 bits per heavy atom. The largest absolute Gasteiger partial charge is 0.352 e. The molecule has 0 radical (unpaired) electrons. The van der Waals surface area contributed by atoms with Crippen LogP contribution in [0.25, 0.3) is 0 Å². The van der Waals surface area contributed by atoms with E-state index in [-0.39, 0.29) is 30.4 Å². The molecule has 3 fully saturated rings. The summed E-state index contributed by atoms with van der Waals surface area (Å²) in [6.07, 6.45) is 7.20. The van der Waals surface area contributed by atoms with Crippen molar-refractivity contribution in [1.29, 1.82) is 0 Å². The van der Waals surface area contributed by atoms with Crippen molar-refractivity contribution in [3.05, 3.63) is 0 Å². The number of hydrogen-bond donors (Lipinski definition) is 2. The van der Waals surface area contributed by atoms with Crippen molar-refractivity contribution in [3.8, 4) is 0 Å². The van der Waals surface area contributed by atoms with Crippen LogP contribution in [0.3, 0.4) is 0 Å². The Bertz CT molecular complexity index is 373. The zero-order valence-electron chi connectivity index (χ0n) is 12.5. The second-order valence-corrected chi connectivity index (χ2v) is 6.38. The highest BCUT2D eigenvalue weighted by Crippen LogP contribution is 2.31. The first kappa shape index (κ1) is 16.6. The molecule has 1 atom stereocenters. The predicted molar refractivity (Wildman–Crippen MR) is 83.4 cm³/mol. The molecule has 2 heterocycles. The molecule has 2 saturated heterocycles. The molecule has 1 aliphatic carbocycles. The van der Waals surface area contributed by atoms with Crippen molar-refractivity contribution in [3.63, 3.8) is 0 Å². The van der Waals surface area contributed by atoms with E-state index < -0.39 is 0 Å². The summed E-state index contributed by atoms with van der Waals surface area (Å²) in [4.78, 5) is 26.1. The molecule has 0 aromatic heterocycles. The minimum atomic E-state index is -0.00474. The zero-order chi connectivity index (χ0) is 13.9. The molecule has 0 bridgehead atoms. The molecule has 1 saturated carbocycles.